The number of sulfone groups is 1. The van der Waals surface area contributed by atoms with Crippen LogP contribution in [0.4, 0.5) is 10.1 Å². The molecule has 1 fully saturated rings. The van der Waals surface area contributed by atoms with Crippen molar-refractivity contribution in [1.29, 1.82) is 0 Å². The van der Waals surface area contributed by atoms with Gasteiger partial charge in [0.1, 0.15) is 15.6 Å². The van der Waals surface area contributed by atoms with Crippen molar-refractivity contribution in [3.05, 3.63) is 65.6 Å². The number of hydrogen-bond donors (Lipinski definition) is 2. The highest BCUT2D eigenvalue weighted by molar-refractivity contribution is 7.90. The first kappa shape index (κ1) is 26.4. The summed E-state index contributed by atoms with van der Waals surface area (Å²) in [7, 11) is -1.77. The quantitative estimate of drug-likeness (QED) is 0.302. The fraction of sp³-hybridized carbons (Fsp3) is 0.296. The van der Waals surface area contributed by atoms with E-state index in [0.29, 0.717) is 28.3 Å². The van der Waals surface area contributed by atoms with Crippen molar-refractivity contribution in [3.63, 3.8) is 0 Å². The van der Waals surface area contributed by atoms with E-state index in [9.17, 15) is 17.6 Å². The number of methoxy groups -OCH3 is 1. The molecule has 2 N–H and O–H groups in total. The van der Waals surface area contributed by atoms with Gasteiger partial charge >= 0.3 is 0 Å². The molecule has 1 amide bonds. The maximum atomic E-state index is 14.6. The molecule has 1 aliphatic carbocycles. The summed E-state index contributed by atoms with van der Waals surface area (Å²) in [5, 5.41) is 10.6. The molecule has 0 atom stereocenters. The molecule has 2 heterocycles. The zero-order valence-corrected chi connectivity index (χ0v) is 22.5. The third kappa shape index (κ3) is 6.11. The Morgan fingerprint density at radius 1 is 1.18 bits per heavy atom. The molecule has 0 radical (unpaired) electrons. The second kappa shape index (κ2) is 10.5. The Balaban J connectivity index is 1.52. The Kier molecular flexibility index (Phi) is 7.13. The lowest BCUT2D eigenvalue weighted by Gasteiger charge is -2.13. The predicted octanol–water partition coefficient (Wildman–Crippen LogP) is 3.99. The van der Waals surface area contributed by atoms with E-state index >= 15 is 0 Å². The van der Waals surface area contributed by atoms with E-state index in [1.165, 1.54) is 29.8 Å². The number of nitrogens with one attached hydrogen (secondary N) is 2. The van der Waals surface area contributed by atoms with Crippen molar-refractivity contribution in [2.45, 2.75) is 25.8 Å². The molecule has 12 heteroatoms. The standard InChI is InChI=1S/C27H28FN5O5S/c1-16-12-17(4-8-20(16)27(34)31-18-5-6-18)23-15-30-26-22(29-10-11-39(3,35)36)14-25(32-33(23)26)38-24-9-7-19(37-2)13-21(24)28/h4,7-9,12-15,18,29H,5-6,10-11H2,1-3H3,(H,31,34). The number of carbonyl (C=O) groups is 1. The molecule has 10 nitrogen and oxygen atoms in total. The molecule has 0 bridgehead atoms. The van der Waals surface area contributed by atoms with Gasteiger partial charge in [0.25, 0.3) is 5.91 Å². The highest BCUT2D eigenvalue weighted by atomic mass is 32.2. The third-order valence-electron chi connectivity index (χ3n) is 6.27. The summed E-state index contributed by atoms with van der Waals surface area (Å²) in [5.41, 5.74) is 3.63. The van der Waals surface area contributed by atoms with Crippen LogP contribution in [0.5, 0.6) is 17.4 Å². The summed E-state index contributed by atoms with van der Waals surface area (Å²) < 4.78 is 50.3. The number of benzene rings is 2. The molecule has 0 saturated heterocycles. The molecular weight excluding hydrogens is 525 g/mol. The van der Waals surface area contributed by atoms with Gasteiger partial charge in [-0.2, -0.15) is 0 Å². The van der Waals surface area contributed by atoms with Crippen LogP contribution in [0.25, 0.3) is 16.9 Å². The lowest BCUT2D eigenvalue weighted by molar-refractivity contribution is 0.0950. The highest BCUT2D eigenvalue weighted by Crippen LogP contribution is 2.31. The average molecular weight is 554 g/mol. The maximum absolute atomic E-state index is 14.6. The number of rotatable bonds is 10. The van der Waals surface area contributed by atoms with Crippen molar-refractivity contribution in [2.24, 2.45) is 0 Å². The van der Waals surface area contributed by atoms with Gasteiger partial charge in [-0.1, -0.05) is 6.07 Å². The third-order valence-corrected chi connectivity index (χ3v) is 7.21. The van der Waals surface area contributed by atoms with Gasteiger partial charge in [-0.05, 0) is 49.6 Å². The van der Waals surface area contributed by atoms with E-state index < -0.39 is 15.7 Å². The predicted molar refractivity (Wildman–Crippen MR) is 145 cm³/mol. The minimum absolute atomic E-state index is 0.0600. The summed E-state index contributed by atoms with van der Waals surface area (Å²) in [4.78, 5) is 17.1. The van der Waals surface area contributed by atoms with Crippen LogP contribution in [-0.2, 0) is 9.84 Å². The van der Waals surface area contributed by atoms with Crippen molar-refractivity contribution >= 4 is 27.1 Å². The number of imidazole rings is 1. The molecule has 4 aromatic rings. The Labute approximate surface area is 225 Å². The number of halogens is 1. The summed E-state index contributed by atoms with van der Waals surface area (Å²) in [5.74, 6) is -0.496. The largest absolute Gasteiger partial charge is 0.497 e. The van der Waals surface area contributed by atoms with Crippen LogP contribution in [0.2, 0.25) is 0 Å². The van der Waals surface area contributed by atoms with Crippen LogP contribution < -0.4 is 20.1 Å². The molecule has 0 aliphatic heterocycles. The lowest BCUT2D eigenvalue weighted by atomic mass is 10.0. The number of carbonyl (C=O) groups excluding carboxylic acids is 1. The van der Waals surface area contributed by atoms with Crippen LogP contribution in [0.1, 0.15) is 28.8 Å². The van der Waals surface area contributed by atoms with Crippen molar-refractivity contribution in [1.82, 2.24) is 19.9 Å². The zero-order valence-electron chi connectivity index (χ0n) is 21.7. The van der Waals surface area contributed by atoms with E-state index in [-0.39, 0.29) is 35.9 Å². The molecule has 39 heavy (non-hydrogen) atoms. The second-order valence-corrected chi connectivity index (χ2v) is 11.8. The highest BCUT2D eigenvalue weighted by Gasteiger charge is 2.24. The Morgan fingerprint density at radius 2 is 1.97 bits per heavy atom. The zero-order chi connectivity index (χ0) is 27.7. The van der Waals surface area contributed by atoms with Crippen LogP contribution in [0.3, 0.4) is 0 Å². The lowest BCUT2D eigenvalue weighted by Crippen LogP contribution is -2.26. The summed E-state index contributed by atoms with van der Waals surface area (Å²) in [6, 6.07) is 11.4. The van der Waals surface area contributed by atoms with E-state index in [2.05, 4.69) is 20.7 Å². The number of aromatic nitrogens is 3. The normalized spacial score (nSPS) is 13.3. The first-order chi connectivity index (χ1) is 18.6. The van der Waals surface area contributed by atoms with E-state index in [4.69, 9.17) is 9.47 Å². The fourth-order valence-corrected chi connectivity index (χ4v) is 4.54. The summed E-state index contributed by atoms with van der Waals surface area (Å²) in [6.45, 7) is 1.99. The minimum atomic E-state index is -3.21. The molecule has 204 valence electrons. The van der Waals surface area contributed by atoms with Crippen molar-refractivity contribution < 1.29 is 27.1 Å². The number of anilines is 1. The van der Waals surface area contributed by atoms with Crippen molar-refractivity contribution in [3.8, 4) is 28.6 Å². The van der Waals surface area contributed by atoms with Crippen LogP contribution in [-0.4, -0.2) is 60.6 Å². The second-order valence-electron chi connectivity index (χ2n) is 9.51. The number of hydrogen-bond acceptors (Lipinski definition) is 8. The molecule has 1 aliphatic rings. The number of ether oxygens (including phenoxy) is 2. The van der Waals surface area contributed by atoms with Gasteiger partial charge in [-0.3, -0.25) is 4.79 Å². The van der Waals surface area contributed by atoms with Gasteiger partial charge in [-0.15, -0.1) is 5.10 Å². The Hall–Kier alpha value is -4.19. The van der Waals surface area contributed by atoms with E-state index in [0.717, 1.165) is 30.2 Å². The molecular formula is C27H28FN5O5S. The monoisotopic (exact) mass is 553 g/mol. The number of amides is 1. The van der Waals surface area contributed by atoms with Gasteiger partial charge in [0.05, 0.1) is 30.4 Å². The topological polar surface area (TPSA) is 124 Å². The van der Waals surface area contributed by atoms with Crippen LogP contribution >= 0.6 is 0 Å². The van der Waals surface area contributed by atoms with E-state index in [1.807, 2.05) is 19.1 Å². The number of nitrogens with zero attached hydrogens (tertiary/aromatic N) is 3. The summed E-state index contributed by atoms with van der Waals surface area (Å²) >= 11 is 0. The molecule has 2 aromatic heterocycles. The van der Waals surface area contributed by atoms with Gasteiger partial charge in [0, 0.05) is 42.1 Å². The maximum Gasteiger partial charge on any atom is 0.251 e. The van der Waals surface area contributed by atoms with Gasteiger partial charge < -0.3 is 20.1 Å². The Morgan fingerprint density at radius 3 is 2.64 bits per heavy atom. The first-order valence-corrected chi connectivity index (χ1v) is 14.4. The van der Waals surface area contributed by atoms with E-state index in [1.54, 1.807) is 18.3 Å². The molecule has 0 unspecified atom stereocenters. The van der Waals surface area contributed by atoms with Gasteiger partial charge in [0.15, 0.2) is 17.2 Å². The molecule has 1 saturated carbocycles. The smallest absolute Gasteiger partial charge is 0.251 e. The van der Waals surface area contributed by atoms with Crippen LogP contribution in [0.15, 0.2) is 48.7 Å². The van der Waals surface area contributed by atoms with Gasteiger partial charge in [-0.25, -0.2) is 22.3 Å². The molecule has 2 aromatic carbocycles. The SMILES string of the molecule is COc1ccc(Oc2cc(NCCS(C)(=O)=O)c3ncc(-c4ccc(C(=O)NC5CC5)c(C)c4)n3n2)c(F)c1. The van der Waals surface area contributed by atoms with Crippen molar-refractivity contribution in [2.75, 3.05) is 31.0 Å². The number of fused-ring (bicyclic) bond motifs is 1. The minimum Gasteiger partial charge on any atom is -0.497 e. The first-order valence-electron chi connectivity index (χ1n) is 12.3. The Bertz CT molecular complexity index is 1670. The fourth-order valence-electron chi connectivity index (χ4n) is 4.07. The molecule has 0 spiro atoms. The van der Waals surface area contributed by atoms with Gasteiger partial charge in [0.2, 0.25) is 5.88 Å². The van der Waals surface area contributed by atoms with Crippen LogP contribution in [0, 0.1) is 12.7 Å². The number of aryl methyl sites for hydroxylation is 1. The average Bonchev–Trinajstić information content (AvgIpc) is 3.59. The molecule has 5 rings (SSSR count). The summed E-state index contributed by atoms with van der Waals surface area (Å²) in [6.07, 6.45) is 4.78.